The van der Waals surface area contributed by atoms with Gasteiger partial charge in [-0.25, -0.2) is 8.42 Å². The summed E-state index contributed by atoms with van der Waals surface area (Å²) >= 11 is 0. The summed E-state index contributed by atoms with van der Waals surface area (Å²) in [7, 11) is -2.38. The molecule has 0 amide bonds. The largest absolute Gasteiger partial charge is 0.465 e. The molecule has 1 rings (SSSR count). The number of nitrogens with zero attached hydrogens (tertiary/aromatic N) is 1. The molecule has 0 spiro atoms. The molecule has 8 nitrogen and oxygen atoms in total. The molecule has 130 valence electrons. The highest BCUT2D eigenvalue weighted by Gasteiger charge is 2.26. The van der Waals surface area contributed by atoms with Crippen LogP contribution in [0.3, 0.4) is 0 Å². The molecule has 0 aliphatic heterocycles. The lowest BCUT2D eigenvalue weighted by molar-refractivity contribution is -0.143. The molecular formula is C14H22N2O6S. The van der Waals surface area contributed by atoms with E-state index < -0.39 is 27.2 Å². The van der Waals surface area contributed by atoms with Crippen molar-refractivity contribution < 1.29 is 22.7 Å². The molecule has 1 aromatic heterocycles. The number of sulfonamides is 1. The van der Waals surface area contributed by atoms with E-state index in [2.05, 4.69) is 4.72 Å². The van der Waals surface area contributed by atoms with Crippen LogP contribution in [-0.2, 0) is 30.8 Å². The van der Waals surface area contributed by atoms with E-state index in [1.807, 2.05) is 0 Å². The molecular weight excluding hydrogens is 324 g/mol. The summed E-state index contributed by atoms with van der Waals surface area (Å²) in [6, 6.07) is 2.81. The van der Waals surface area contributed by atoms with Gasteiger partial charge in [0.1, 0.15) is 12.2 Å². The van der Waals surface area contributed by atoms with Crippen LogP contribution in [0.2, 0.25) is 0 Å². The second-order valence-electron chi connectivity index (χ2n) is 5.48. The predicted octanol–water partition coefficient (Wildman–Crippen LogP) is 0.578. The lowest BCUT2D eigenvalue weighted by atomic mass is 10.2. The Labute approximate surface area is 135 Å². The highest BCUT2D eigenvalue weighted by molar-refractivity contribution is 7.92. The molecule has 9 heteroatoms. The molecule has 0 saturated carbocycles. The van der Waals surface area contributed by atoms with Crippen LogP contribution >= 0.6 is 0 Å². The van der Waals surface area contributed by atoms with Crippen LogP contribution in [0.25, 0.3) is 0 Å². The molecule has 1 heterocycles. The molecule has 0 bridgehead atoms. The maximum absolute atomic E-state index is 12.2. The maximum atomic E-state index is 12.2. The average Bonchev–Trinajstić information content (AvgIpc) is 2.42. The van der Waals surface area contributed by atoms with Crippen LogP contribution < -0.4 is 10.3 Å². The number of ether oxygens (including phenoxy) is 2. The van der Waals surface area contributed by atoms with Gasteiger partial charge in [-0.15, -0.1) is 0 Å². The van der Waals surface area contributed by atoms with Crippen molar-refractivity contribution in [3.05, 3.63) is 28.7 Å². The summed E-state index contributed by atoms with van der Waals surface area (Å²) in [5, 5.41) is 0. The summed E-state index contributed by atoms with van der Waals surface area (Å²) in [4.78, 5) is 23.7. The van der Waals surface area contributed by atoms with Crippen molar-refractivity contribution >= 4 is 21.7 Å². The Hall–Kier alpha value is -1.87. The molecule has 23 heavy (non-hydrogen) atoms. The number of rotatable bonds is 8. The summed E-state index contributed by atoms with van der Waals surface area (Å²) in [6.45, 7) is 4.81. The van der Waals surface area contributed by atoms with E-state index >= 15 is 0 Å². The third-order valence-electron chi connectivity index (χ3n) is 2.98. The highest BCUT2D eigenvalue weighted by atomic mass is 32.2. The Balaban J connectivity index is 2.98. The fraction of sp³-hybridized carbons (Fsp3) is 0.571. The quantitative estimate of drug-likeness (QED) is 0.691. The molecule has 0 aliphatic carbocycles. The fourth-order valence-corrected chi connectivity index (χ4v) is 3.40. The van der Waals surface area contributed by atoms with E-state index in [9.17, 15) is 18.0 Å². The average molecular weight is 346 g/mol. The number of methoxy groups -OCH3 is 1. The van der Waals surface area contributed by atoms with Crippen LogP contribution in [0, 0.1) is 0 Å². The van der Waals surface area contributed by atoms with Gasteiger partial charge >= 0.3 is 5.97 Å². The van der Waals surface area contributed by atoms with Crippen LogP contribution in [-0.4, -0.2) is 44.0 Å². The van der Waals surface area contributed by atoms with E-state index in [0.717, 1.165) is 4.57 Å². The number of hydrogen-bond donors (Lipinski definition) is 1. The van der Waals surface area contributed by atoms with Crippen molar-refractivity contribution in [1.82, 2.24) is 4.57 Å². The lowest BCUT2D eigenvalue weighted by Gasteiger charge is -2.22. The van der Waals surface area contributed by atoms with Crippen molar-refractivity contribution in [2.45, 2.75) is 32.9 Å². The van der Waals surface area contributed by atoms with Gasteiger partial charge in [0.2, 0.25) is 10.0 Å². The Morgan fingerprint density at radius 2 is 2.04 bits per heavy atom. The number of aromatic nitrogens is 1. The zero-order valence-electron chi connectivity index (χ0n) is 13.7. The number of pyridine rings is 1. The van der Waals surface area contributed by atoms with Crippen LogP contribution in [0.1, 0.15) is 20.8 Å². The van der Waals surface area contributed by atoms with Gasteiger partial charge in [0.25, 0.3) is 5.56 Å². The Kier molecular flexibility index (Phi) is 6.34. The summed E-state index contributed by atoms with van der Waals surface area (Å²) in [5.41, 5.74) is -1.66. The normalized spacial score (nSPS) is 12.0. The topological polar surface area (TPSA) is 104 Å². The zero-order chi connectivity index (χ0) is 17.7. The van der Waals surface area contributed by atoms with Gasteiger partial charge in [0.05, 0.1) is 18.0 Å². The number of carbonyl (C=O) groups is 1. The Morgan fingerprint density at radius 3 is 2.61 bits per heavy atom. The molecule has 0 atom stereocenters. The Bertz CT molecular complexity index is 708. The minimum absolute atomic E-state index is 0.135. The summed E-state index contributed by atoms with van der Waals surface area (Å²) in [6.07, 6.45) is 1.39. The maximum Gasteiger partial charge on any atom is 0.326 e. The molecule has 1 N–H and O–H groups in total. The Morgan fingerprint density at radius 1 is 1.39 bits per heavy atom. The van der Waals surface area contributed by atoms with E-state index in [4.69, 9.17) is 9.47 Å². The third kappa shape index (κ3) is 6.03. The van der Waals surface area contributed by atoms with Crippen molar-refractivity contribution in [3.8, 4) is 0 Å². The first kappa shape index (κ1) is 19.2. The monoisotopic (exact) mass is 346 g/mol. The number of hydrogen-bond acceptors (Lipinski definition) is 6. The zero-order valence-corrected chi connectivity index (χ0v) is 14.5. The first-order valence-electron chi connectivity index (χ1n) is 7.01. The summed E-state index contributed by atoms with van der Waals surface area (Å²) < 4.78 is 37.4. The van der Waals surface area contributed by atoms with Gasteiger partial charge in [0, 0.05) is 13.3 Å². The van der Waals surface area contributed by atoms with Crippen molar-refractivity contribution in [2.75, 3.05) is 24.2 Å². The van der Waals surface area contributed by atoms with E-state index in [1.54, 1.807) is 20.8 Å². The molecule has 0 fully saturated rings. The number of nitrogens with one attached hydrogen (secondary N) is 1. The van der Waals surface area contributed by atoms with E-state index in [0.29, 0.717) is 0 Å². The second kappa shape index (κ2) is 7.60. The first-order valence-corrected chi connectivity index (χ1v) is 8.66. The number of esters is 1. The standard InChI is InChI=1S/C14H22N2O6S/c1-5-22-12(17)9-16-8-6-7-11(13(16)18)15-23(19,20)10-14(2,3)21-4/h6-8,15H,5,9-10H2,1-4H3. The van der Waals surface area contributed by atoms with Gasteiger partial charge < -0.3 is 14.0 Å². The molecule has 0 saturated heterocycles. The fourth-order valence-electron chi connectivity index (χ4n) is 1.80. The van der Waals surface area contributed by atoms with Crippen LogP contribution in [0.4, 0.5) is 5.69 Å². The van der Waals surface area contributed by atoms with Gasteiger partial charge in [-0.3, -0.25) is 14.3 Å². The van der Waals surface area contributed by atoms with Crippen molar-refractivity contribution in [2.24, 2.45) is 0 Å². The second-order valence-corrected chi connectivity index (χ2v) is 7.21. The third-order valence-corrected chi connectivity index (χ3v) is 4.59. The van der Waals surface area contributed by atoms with Gasteiger partial charge in [-0.2, -0.15) is 0 Å². The molecule has 1 aromatic rings. The van der Waals surface area contributed by atoms with Crippen LogP contribution in [0.15, 0.2) is 23.1 Å². The molecule has 0 aliphatic rings. The predicted molar refractivity (Wildman–Crippen MR) is 85.8 cm³/mol. The van der Waals surface area contributed by atoms with Crippen molar-refractivity contribution in [3.63, 3.8) is 0 Å². The minimum atomic E-state index is -3.79. The minimum Gasteiger partial charge on any atom is -0.465 e. The summed E-state index contributed by atoms with van der Waals surface area (Å²) in [5.74, 6) is -0.891. The first-order chi connectivity index (χ1) is 10.6. The number of carbonyl (C=O) groups excluding carboxylic acids is 1. The number of anilines is 1. The SMILES string of the molecule is CCOC(=O)Cn1cccc(NS(=O)(=O)CC(C)(C)OC)c1=O. The van der Waals surface area contributed by atoms with Gasteiger partial charge in [-0.1, -0.05) is 0 Å². The lowest BCUT2D eigenvalue weighted by Crippen LogP contribution is -2.37. The van der Waals surface area contributed by atoms with Gasteiger partial charge in [-0.05, 0) is 32.9 Å². The van der Waals surface area contributed by atoms with E-state index in [1.165, 1.54) is 25.4 Å². The highest BCUT2D eigenvalue weighted by Crippen LogP contribution is 2.13. The molecule has 0 unspecified atom stereocenters. The van der Waals surface area contributed by atoms with Crippen LogP contribution in [0.5, 0.6) is 0 Å². The van der Waals surface area contributed by atoms with Gasteiger partial charge in [0.15, 0.2) is 0 Å². The molecule has 0 radical (unpaired) electrons. The van der Waals surface area contributed by atoms with Crippen molar-refractivity contribution in [1.29, 1.82) is 0 Å². The smallest absolute Gasteiger partial charge is 0.326 e. The van der Waals surface area contributed by atoms with E-state index in [-0.39, 0.29) is 24.6 Å². The molecule has 0 aromatic carbocycles.